The molecule has 0 amide bonds. The molecule has 0 N–H and O–H groups in total. The lowest BCUT2D eigenvalue weighted by atomic mass is 10.1. The first-order valence-electron chi connectivity index (χ1n) is 6.08. The zero-order chi connectivity index (χ0) is 11.5. The molecule has 0 aliphatic carbocycles. The molecule has 1 aliphatic rings. The maximum Gasteiger partial charge on any atom is 0.128 e. The van der Waals surface area contributed by atoms with Gasteiger partial charge in [-0.25, -0.2) is 4.98 Å². The molecular weight excluding hydrogens is 212 g/mol. The Morgan fingerprint density at radius 2 is 1.94 bits per heavy atom. The van der Waals surface area contributed by atoms with Gasteiger partial charge in [0.1, 0.15) is 5.82 Å². The Bertz CT molecular complexity index is 444. The first-order valence-corrected chi connectivity index (χ1v) is 6.08. The van der Waals surface area contributed by atoms with E-state index in [0.29, 0.717) is 6.04 Å². The SMILES string of the molecule is c1ccc(N2CCC(n3cccn3)CC2)nc1. The number of rotatable bonds is 2. The van der Waals surface area contributed by atoms with Crippen LogP contribution in [0, 0.1) is 0 Å². The molecule has 17 heavy (non-hydrogen) atoms. The van der Waals surface area contributed by atoms with E-state index in [1.807, 2.05) is 30.6 Å². The van der Waals surface area contributed by atoms with Gasteiger partial charge in [0, 0.05) is 31.7 Å². The zero-order valence-corrected chi connectivity index (χ0v) is 9.74. The zero-order valence-electron chi connectivity index (χ0n) is 9.74. The summed E-state index contributed by atoms with van der Waals surface area (Å²) in [5, 5.41) is 4.32. The number of hydrogen-bond acceptors (Lipinski definition) is 3. The third-order valence-corrected chi connectivity index (χ3v) is 3.34. The van der Waals surface area contributed by atoms with Gasteiger partial charge < -0.3 is 4.90 Å². The highest BCUT2D eigenvalue weighted by atomic mass is 15.3. The summed E-state index contributed by atoms with van der Waals surface area (Å²) in [4.78, 5) is 6.74. The molecule has 88 valence electrons. The third kappa shape index (κ3) is 2.16. The summed E-state index contributed by atoms with van der Waals surface area (Å²) in [5.74, 6) is 1.09. The number of nitrogens with zero attached hydrogens (tertiary/aromatic N) is 4. The van der Waals surface area contributed by atoms with Crippen LogP contribution >= 0.6 is 0 Å². The predicted octanol–water partition coefficient (Wildman–Crippen LogP) is 2.12. The Morgan fingerprint density at radius 3 is 2.59 bits per heavy atom. The minimum Gasteiger partial charge on any atom is -0.356 e. The Balaban J connectivity index is 1.65. The van der Waals surface area contributed by atoms with Crippen molar-refractivity contribution in [3.05, 3.63) is 42.9 Å². The minimum atomic E-state index is 0.546. The molecule has 0 spiro atoms. The lowest BCUT2D eigenvalue weighted by molar-refractivity contribution is 0.366. The van der Waals surface area contributed by atoms with Crippen LogP contribution in [-0.2, 0) is 0 Å². The van der Waals surface area contributed by atoms with Crippen molar-refractivity contribution in [1.82, 2.24) is 14.8 Å². The summed E-state index contributed by atoms with van der Waals surface area (Å²) in [7, 11) is 0. The molecule has 0 aromatic carbocycles. The number of piperidine rings is 1. The Morgan fingerprint density at radius 1 is 1.06 bits per heavy atom. The molecule has 0 atom stereocenters. The summed E-state index contributed by atoms with van der Waals surface area (Å²) < 4.78 is 2.08. The third-order valence-electron chi connectivity index (χ3n) is 3.34. The van der Waals surface area contributed by atoms with E-state index in [0.717, 1.165) is 31.7 Å². The molecule has 1 saturated heterocycles. The fraction of sp³-hybridized carbons (Fsp3) is 0.385. The van der Waals surface area contributed by atoms with Crippen LogP contribution in [0.2, 0.25) is 0 Å². The topological polar surface area (TPSA) is 34.0 Å². The first kappa shape index (κ1) is 10.3. The van der Waals surface area contributed by atoms with Crippen molar-refractivity contribution in [2.75, 3.05) is 18.0 Å². The molecule has 0 saturated carbocycles. The monoisotopic (exact) mass is 228 g/mol. The molecule has 2 aromatic rings. The van der Waals surface area contributed by atoms with Gasteiger partial charge >= 0.3 is 0 Å². The highest BCUT2D eigenvalue weighted by molar-refractivity contribution is 5.38. The van der Waals surface area contributed by atoms with E-state index in [4.69, 9.17) is 0 Å². The molecule has 4 heteroatoms. The second-order valence-corrected chi connectivity index (χ2v) is 4.39. The molecule has 0 unspecified atom stereocenters. The van der Waals surface area contributed by atoms with E-state index >= 15 is 0 Å². The summed E-state index contributed by atoms with van der Waals surface area (Å²) in [5.41, 5.74) is 0. The van der Waals surface area contributed by atoms with Gasteiger partial charge in [-0.2, -0.15) is 5.10 Å². The molecular formula is C13H16N4. The maximum atomic E-state index is 4.39. The van der Waals surface area contributed by atoms with Gasteiger partial charge in [0.2, 0.25) is 0 Å². The van der Waals surface area contributed by atoms with Crippen LogP contribution in [0.5, 0.6) is 0 Å². The molecule has 3 heterocycles. The van der Waals surface area contributed by atoms with Gasteiger partial charge in [-0.15, -0.1) is 0 Å². The molecule has 4 nitrogen and oxygen atoms in total. The van der Waals surface area contributed by atoms with Crippen molar-refractivity contribution in [1.29, 1.82) is 0 Å². The van der Waals surface area contributed by atoms with Crippen LogP contribution in [0.1, 0.15) is 18.9 Å². The van der Waals surface area contributed by atoms with Gasteiger partial charge in [0.05, 0.1) is 6.04 Å². The van der Waals surface area contributed by atoms with Crippen LogP contribution in [0.4, 0.5) is 5.82 Å². The average Bonchev–Trinajstić information content (AvgIpc) is 2.94. The van der Waals surface area contributed by atoms with Gasteiger partial charge in [-0.05, 0) is 31.0 Å². The molecule has 1 aliphatic heterocycles. The van der Waals surface area contributed by atoms with E-state index in [1.165, 1.54) is 0 Å². The fourth-order valence-corrected chi connectivity index (χ4v) is 2.40. The van der Waals surface area contributed by atoms with Crippen molar-refractivity contribution >= 4 is 5.82 Å². The Kier molecular flexibility index (Phi) is 2.78. The van der Waals surface area contributed by atoms with Gasteiger partial charge in [-0.1, -0.05) is 6.07 Å². The van der Waals surface area contributed by atoms with Crippen molar-refractivity contribution in [2.24, 2.45) is 0 Å². The van der Waals surface area contributed by atoms with E-state index in [9.17, 15) is 0 Å². The van der Waals surface area contributed by atoms with Crippen LogP contribution in [0.15, 0.2) is 42.9 Å². The van der Waals surface area contributed by atoms with Crippen molar-refractivity contribution in [3.63, 3.8) is 0 Å². The normalized spacial score (nSPS) is 17.3. The average molecular weight is 228 g/mol. The van der Waals surface area contributed by atoms with E-state index < -0.39 is 0 Å². The fourth-order valence-electron chi connectivity index (χ4n) is 2.40. The Hall–Kier alpha value is -1.84. The smallest absolute Gasteiger partial charge is 0.128 e. The molecule has 3 rings (SSSR count). The second kappa shape index (κ2) is 4.57. The minimum absolute atomic E-state index is 0.546. The molecule has 0 bridgehead atoms. The van der Waals surface area contributed by atoms with Crippen molar-refractivity contribution < 1.29 is 0 Å². The molecule has 0 radical (unpaired) electrons. The maximum absolute atomic E-state index is 4.39. The summed E-state index contributed by atoms with van der Waals surface area (Å²) in [6, 6.07) is 8.62. The molecule has 1 fully saturated rings. The van der Waals surface area contributed by atoms with Gasteiger partial charge in [0.15, 0.2) is 0 Å². The summed E-state index contributed by atoms with van der Waals surface area (Å²) >= 11 is 0. The quantitative estimate of drug-likeness (QED) is 0.789. The van der Waals surface area contributed by atoms with Crippen LogP contribution in [0.3, 0.4) is 0 Å². The van der Waals surface area contributed by atoms with Crippen molar-refractivity contribution in [3.8, 4) is 0 Å². The second-order valence-electron chi connectivity index (χ2n) is 4.39. The van der Waals surface area contributed by atoms with Crippen molar-refractivity contribution in [2.45, 2.75) is 18.9 Å². The van der Waals surface area contributed by atoms with Crippen LogP contribution < -0.4 is 4.90 Å². The van der Waals surface area contributed by atoms with Crippen LogP contribution in [-0.4, -0.2) is 27.9 Å². The van der Waals surface area contributed by atoms with Gasteiger partial charge in [0.25, 0.3) is 0 Å². The van der Waals surface area contributed by atoms with Gasteiger partial charge in [-0.3, -0.25) is 4.68 Å². The number of pyridine rings is 1. The standard InChI is InChI=1S/C13H16N4/c1-2-7-14-13(4-1)16-10-5-12(6-11-16)17-9-3-8-15-17/h1-4,7-9,12H,5-6,10-11H2. The van der Waals surface area contributed by atoms with E-state index in [2.05, 4.69) is 31.9 Å². The number of anilines is 1. The number of aromatic nitrogens is 3. The molecule has 2 aromatic heterocycles. The first-order chi connectivity index (χ1) is 8.43. The highest BCUT2D eigenvalue weighted by Crippen LogP contribution is 2.24. The number of hydrogen-bond donors (Lipinski definition) is 0. The largest absolute Gasteiger partial charge is 0.356 e. The highest BCUT2D eigenvalue weighted by Gasteiger charge is 2.21. The van der Waals surface area contributed by atoms with E-state index in [-0.39, 0.29) is 0 Å². The predicted molar refractivity (Wildman–Crippen MR) is 66.9 cm³/mol. The lowest BCUT2D eigenvalue weighted by Gasteiger charge is -2.32. The van der Waals surface area contributed by atoms with Crippen LogP contribution in [0.25, 0.3) is 0 Å². The summed E-state index contributed by atoms with van der Waals surface area (Å²) in [6.07, 6.45) is 8.04. The summed E-state index contributed by atoms with van der Waals surface area (Å²) in [6.45, 7) is 2.11. The van der Waals surface area contributed by atoms with E-state index in [1.54, 1.807) is 0 Å². The Labute approximate surface area is 101 Å². The lowest BCUT2D eigenvalue weighted by Crippen LogP contribution is -2.35.